The standard InChI is InChI=1S/C7H15N5O5/c8-4(5(13)6(14)15)2-1-3-11(7(9)10)12(16)17/h4-5,13H,1-3,8H2,(H3,9,10)(H,14,15)/t4-,5?/m0/s1. The predicted octanol–water partition coefficient (Wildman–Crippen LogP) is -2.07. The molecule has 0 aliphatic carbocycles. The van der Waals surface area contributed by atoms with Gasteiger partial charge in [0.05, 0.1) is 6.54 Å². The van der Waals surface area contributed by atoms with Crippen molar-refractivity contribution in [2.75, 3.05) is 6.54 Å². The van der Waals surface area contributed by atoms with Crippen molar-refractivity contribution in [2.24, 2.45) is 11.5 Å². The van der Waals surface area contributed by atoms with Crippen LogP contribution in [0.25, 0.3) is 0 Å². The number of hydrogen-bond donors (Lipinski definition) is 5. The van der Waals surface area contributed by atoms with Crippen LogP contribution in [0, 0.1) is 15.5 Å². The van der Waals surface area contributed by atoms with E-state index in [1.807, 2.05) is 0 Å². The van der Waals surface area contributed by atoms with Gasteiger partial charge in [0.1, 0.15) is 0 Å². The number of aliphatic carboxylic acids is 1. The third-order valence-corrected chi connectivity index (χ3v) is 2.04. The smallest absolute Gasteiger partial charge is 0.334 e. The van der Waals surface area contributed by atoms with Gasteiger partial charge in [-0.15, -0.1) is 0 Å². The number of aliphatic hydroxyl groups is 1. The number of nitro groups is 1. The number of carboxylic acids is 1. The maximum Gasteiger partial charge on any atom is 0.334 e. The minimum Gasteiger partial charge on any atom is -0.479 e. The highest BCUT2D eigenvalue weighted by Crippen LogP contribution is 2.02. The molecule has 7 N–H and O–H groups in total. The molecule has 0 aliphatic heterocycles. The number of carbonyl (C=O) groups is 1. The minimum absolute atomic E-state index is 0.0606. The van der Waals surface area contributed by atoms with E-state index in [9.17, 15) is 14.9 Å². The van der Waals surface area contributed by atoms with Gasteiger partial charge >= 0.3 is 5.97 Å². The van der Waals surface area contributed by atoms with Crippen molar-refractivity contribution in [3.05, 3.63) is 10.1 Å². The quantitative estimate of drug-likeness (QED) is 0.147. The molecule has 0 aliphatic rings. The van der Waals surface area contributed by atoms with E-state index in [1.54, 1.807) is 0 Å². The van der Waals surface area contributed by atoms with Gasteiger partial charge in [-0.05, 0) is 12.8 Å². The fraction of sp³-hybridized carbons (Fsp3) is 0.714. The molecule has 0 heterocycles. The largest absolute Gasteiger partial charge is 0.479 e. The van der Waals surface area contributed by atoms with Crippen molar-refractivity contribution in [3.8, 4) is 0 Å². The minimum atomic E-state index is -1.71. The third-order valence-electron chi connectivity index (χ3n) is 2.04. The van der Waals surface area contributed by atoms with E-state index in [0.717, 1.165) is 0 Å². The summed E-state index contributed by atoms with van der Waals surface area (Å²) < 4.78 is 0. The lowest BCUT2D eigenvalue weighted by atomic mass is 10.1. The van der Waals surface area contributed by atoms with E-state index >= 15 is 0 Å². The summed E-state index contributed by atoms with van der Waals surface area (Å²) in [5, 5.41) is 34.3. The van der Waals surface area contributed by atoms with Crippen LogP contribution in [0.4, 0.5) is 0 Å². The van der Waals surface area contributed by atoms with Gasteiger partial charge in [-0.2, -0.15) is 0 Å². The fourth-order valence-electron chi connectivity index (χ4n) is 1.11. The van der Waals surface area contributed by atoms with E-state index in [2.05, 4.69) is 0 Å². The van der Waals surface area contributed by atoms with Crippen LogP contribution in [0.1, 0.15) is 12.8 Å². The number of carboxylic acid groups (broad SMARTS) is 1. The van der Waals surface area contributed by atoms with Crippen LogP contribution in [-0.4, -0.2) is 50.9 Å². The van der Waals surface area contributed by atoms with Crippen molar-refractivity contribution >= 4 is 11.9 Å². The highest BCUT2D eigenvalue weighted by molar-refractivity contribution is 5.73. The second-order valence-corrected chi connectivity index (χ2v) is 3.34. The lowest BCUT2D eigenvalue weighted by molar-refractivity contribution is -0.629. The number of hydrogen-bond acceptors (Lipinski definition) is 6. The molecule has 0 aromatic heterocycles. The maximum atomic E-state index is 10.4. The Bertz CT molecular complexity index is 295. The molecule has 0 saturated carbocycles. The number of hydrazine groups is 1. The van der Waals surface area contributed by atoms with Gasteiger partial charge < -0.3 is 21.7 Å². The number of aliphatic hydroxyl groups excluding tert-OH is 1. The number of nitrogens with two attached hydrogens (primary N) is 2. The molecule has 0 aromatic carbocycles. The van der Waals surface area contributed by atoms with Crippen LogP contribution in [0.5, 0.6) is 0 Å². The number of nitrogens with one attached hydrogen (secondary N) is 1. The highest BCUT2D eigenvalue weighted by atomic mass is 16.7. The Morgan fingerprint density at radius 3 is 2.47 bits per heavy atom. The molecule has 0 rings (SSSR count). The molecule has 2 atom stereocenters. The SMILES string of the molecule is N=C(N)N(CCC[C@H](N)C(O)C(=O)O)[N+](=O)[O-]. The molecule has 98 valence electrons. The van der Waals surface area contributed by atoms with E-state index in [1.165, 1.54) is 0 Å². The predicted molar refractivity (Wildman–Crippen MR) is 56.5 cm³/mol. The molecule has 0 bridgehead atoms. The lowest BCUT2D eigenvalue weighted by Crippen LogP contribution is -2.43. The van der Waals surface area contributed by atoms with E-state index in [0.29, 0.717) is 5.01 Å². The average molecular weight is 249 g/mol. The zero-order valence-electron chi connectivity index (χ0n) is 8.94. The second-order valence-electron chi connectivity index (χ2n) is 3.34. The van der Waals surface area contributed by atoms with Gasteiger partial charge in [-0.3, -0.25) is 5.41 Å². The summed E-state index contributed by atoms with van der Waals surface area (Å²) in [5.74, 6) is -2.17. The fourth-order valence-corrected chi connectivity index (χ4v) is 1.11. The summed E-state index contributed by atoms with van der Waals surface area (Å²) in [6.45, 7) is -0.178. The normalized spacial score (nSPS) is 13.8. The van der Waals surface area contributed by atoms with Crippen LogP contribution in [0.15, 0.2) is 0 Å². The van der Waals surface area contributed by atoms with Crippen molar-refractivity contribution in [1.29, 1.82) is 5.41 Å². The van der Waals surface area contributed by atoms with Crippen molar-refractivity contribution in [3.63, 3.8) is 0 Å². The molecule has 10 heteroatoms. The first-order chi connectivity index (χ1) is 7.77. The summed E-state index contributed by atoms with van der Waals surface area (Å²) in [6, 6.07) is -1.02. The summed E-state index contributed by atoms with van der Waals surface area (Å²) in [6.07, 6.45) is -1.52. The molecule has 0 fully saturated rings. The molecular formula is C7H15N5O5. The van der Waals surface area contributed by atoms with Gasteiger partial charge in [0.2, 0.25) is 0 Å². The van der Waals surface area contributed by atoms with Crippen molar-refractivity contribution in [1.82, 2.24) is 5.01 Å². The first-order valence-corrected chi connectivity index (χ1v) is 4.69. The number of nitrogens with zero attached hydrogens (tertiary/aromatic N) is 2. The van der Waals surface area contributed by atoms with Gasteiger partial charge in [-0.1, -0.05) is 5.01 Å². The molecule has 17 heavy (non-hydrogen) atoms. The number of guanidine groups is 1. The molecule has 1 unspecified atom stereocenters. The first-order valence-electron chi connectivity index (χ1n) is 4.69. The maximum absolute atomic E-state index is 10.4. The Hall–Kier alpha value is -1.94. The van der Waals surface area contributed by atoms with E-state index in [4.69, 9.17) is 27.1 Å². The lowest BCUT2D eigenvalue weighted by Gasteiger charge is -2.16. The Balaban J connectivity index is 4.09. The van der Waals surface area contributed by atoms with Crippen LogP contribution < -0.4 is 11.5 Å². The topological polar surface area (TPSA) is 180 Å². The van der Waals surface area contributed by atoms with E-state index < -0.39 is 29.1 Å². The highest BCUT2D eigenvalue weighted by Gasteiger charge is 2.23. The zero-order valence-corrected chi connectivity index (χ0v) is 8.94. The first kappa shape index (κ1) is 15.1. The Morgan fingerprint density at radius 2 is 2.12 bits per heavy atom. The summed E-state index contributed by atoms with van der Waals surface area (Å²) in [5.41, 5.74) is 10.3. The van der Waals surface area contributed by atoms with Gasteiger partial charge in [0, 0.05) is 6.04 Å². The zero-order chi connectivity index (χ0) is 13.6. The molecule has 0 aromatic rings. The van der Waals surface area contributed by atoms with Crippen LogP contribution in [0.3, 0.4) is 0 Å². The van der Waals surface area contributed by atoms with Crippen LogP contribution >= 0.6 is 0 Å². The van der Waals surface area contributed by atoms with E-state index in [-0.39, 0.29) is 19.4 Å². The molecule has 0 amide bonds. The second kappa shape index (κ2) is 6.60. The third kappa shape index (κ3) is 5.08. The average Bonchev–Trinajstić information content (AvgIpc) is 2.21. The Labute approximate surface area is 96.4 Å². The molecule has 0 saturated heterocycles. The van der Waals surface area contributed by atoms with Crippen molar-refractivity contribution < 1.29 is 20.0 Å². The summed E-state index contributed by atoms with van der Waals surface area (Å²) in [7, 11) is 0. The van der Waals surface area contributed by atoms with Gasteiger partial charge in [0.15, 0.2) is 11.1 Å². The molecule has 0 radical (unpaired) electrons. The number of rotatable bonds is 7. The molecular weight excluding hydrogens is 234 g/mol. The van der Waals surface area contributed by atoms with Gasteiger partial charge in [-0.25, -0.2) is 14.9 Å². The molecule has 0 spiro atoms. The molecule has 10 nitrogen and oxygen atoms in total. The van der Waals surface area contributed by atoms with Gasteiger partial charge in [0.25, 0.3) is 5.96 Å². The Morgan fingerprint density at radius 1 is 1.59 bits per heavy atom. The summed E-state index contributed by atoms with van der Waals surface area (Å²) >= 11 is 0. The Kier molecular flexibility index (Phi) is 5.85. The van der Waals surface area contributed by atoms with Crippen LogP contribution in [-0.2, 0) is 4.79 Å². The van der Waals surface area contributed by atoms with Crippen molar-refractivity contribution in [2.45, 2.75) is 25.0 Å². The van der Waals surface area contributed by atoms with Crippen LogP contribution in [0.2, 0.25) is 0 Å². The summed E-state index contributed by atoms with van der Waals surface area (Å²) in [4.78, 5) is 20.7. The monoisotopic (exact) mass is 249 g/mol.